The number of piperazine rings is 1. The summed E-state index contributed by atoms with van der Waals surface area (Å²) in [5.41, 5.74) is -1.58. The molecule has 33 heavy (non-hydrogen) atoms. The van der Waals surface area contributed by atoms with Crippen molar-refractivity contribution in [1.29, 1.82) is 0 Å². The first-order chi connectivity index (χ1) is 15.6. The number of aryl methyl sites for hydroxylation is 1. The van der Waals surface area contributed by atoms with Crippen LogP contribution in [-0.4, -0.2) is 66.4 Å². The number of nitrogens with zero attached hydrogens (tertiary/aromatic N) is 6. The lowest BCUT2D eigenvalue weighted by Crippen LogP contribution is -2.49. The number of hydrogen-bond donors (Lipinski definition) is 2. The topological polar surface area (TPSA) is 129 Å². The number of halogens is 3. The Morgan fingerprint density at radius 2 is 1.97 bits per heavy atom. The first-order valence-corrected chi connectivity index (χ1v) is 11.2. The number of amides is 2. The van der Waals surface area contributed by atoms with Gasteiger partial charge in [-0.3, -0.25) is 23.4 Å². The van der Waals surface area contributed by atoms with E-state index in [1.807, 2.05) is 4.90 Å². The fourth-order valence-corrected chi connectivity index (χ4v) is 4.46. The van der Waals surface area contributed by atoms with E-state index in [1.54, 1.807) is 10.3 Å². The van der Waals surface area contributed by atoms with Gasteiger partial charge in [-0.1, -0.05) is 0 Å². The molecule has 0 saturated carbocycles. The van der Waals surface area contributed by atoms with Crippen molar-refractivity contribution in [3.63, 3.8) is 0 Å². The number of carbonyl (C=O) groups excluding carboxylic acids is 2. The van der Waals surface area contributed by atoms with Crippen LogP contribution >= 0.6 is 23.1 Å². The number of rotatable bonds is 5. The second kappa shape index (κ2) is 8.93. The third-order valence-corrected chi connectivity index (χ3v) is 6.35. The van der Waals surface area contributed by atoms with Gasteiger partial charge in [-0.05, 0) is 13.0 Å². The fraction of sp³-hybridized carbons (Fsp3) is 0.412. The summed E-state index contributed by atoms with van der Waals surface area (Å²) in [6, 6.07) is 0.911. The van der Waals surface area contributed by atoms with Crippen molar-refractivity contribution in [3.05, 3.63) is 38.9 Å². The zero-order valence-electron chi connectivity index (χ0n) is 17.0. The molecule has 2 N–H and O–H groups in total. The zero-order chi connectivity index (χ0) is 23.8. The molecule has 11 nitrogen and oxygen atoms in total. The number of anilines is 2. The van der Waals surface area contributed by atoms with E-state index in [4.69, 9.17) is 0 Å². The van der Waals surface area contributed by atoms with Crippen molar-refractivity contribution in [3.8, 4) is 0 Å². The van der Waals surface area contributed by atoms with Gasteiger partial charge >= 0.3 is 6.18 Å². The van der Waals surface area contributed by atoms with Crippen LogP contribution in [0.25, 0.3) is 0 Å². The molecule has 3 aromatic rings. The monoisotopic (exact) mass is 502 g/mol. The second-order valence-corrected chi connectivity index (χ2v) is 8.53. The van der Waals surface area contributed by atoms with Crippen LogP contribution in [0, 0.1) is 6.92 Å². The second-order valence-electron chi connectivity index (χ2n) is 7.13. The summed E-state index contributed by atoms with van der Waals surface area (Å²) in [7, 11) is 0. The molecule has 0 aliphatic carbocycles. The van der Waals surface area contributed by atoms with Gasteiger partial charge in [0, 0.05) is 49.0 Å². The number of hydrogen-bond acceptors (Lipinski definition) is 9. The summed E-state index contributed by atoms with van der Waals surface area (Å²) in [5.74, 6) is -0.706. The lowest BCUT2D eigenvalue weighted by atomic mass is 10.3. The Balaban J connectivity index is 1.31. The first-order valence-electron chi connectivity index (χ1n) is 9.57. The van der Waals surface area contributed by atoms with E-state index < -0.39 is 23.3 Å². The Hall–Kier alpha value is -3.27. The van der Waals surface area contributed by atoms with Gasteiger partial charge in [-0.2, -0.15) is 22.6 Å². The molecule has 4 heterocycles. The molecule has 2 amide bonds. The standard InChI is InChI=1S/C17H17F3N8O3S2/c1-9-6-10(17(18,19)20)23-28(9)7-12(29)26-2-4-27(5-3-26)16-22-11(8-32-16)21-14(30)13-15(31)25-33-24-13/h6,8H,2-5,7H2,1H3,(H,21,30)(H,25,31). The van der Waals surface area contributed by atoms with E-state index >= 15 is 0 Å². The number of aromatic nitrogens is 5. The van der Waals surface area contributed by atoms with Crippen molar-refractivity contribution in [2.75, 3.05) is 36.4 Å². The molecule has 0 radical (unpaired) electrons. The fourth-order valence-electron chi connectivity index (χ4n) is 3.17. The summed E-state index contributed by atoms with van der Waals surface area (Å²) in [5, 5.41) is 8.27. The van der Waals surface area contributed by atoms with Crippen molar-refractivity contribution >= 4 is 45.8 Å². The van der Waals surface area contributed by atoms with E-state index in [0.717, 1.165) is 22.5 Å². The molecule has 4 rings (SSSR count). The molecule has 176 valence electrons. The van der Waals surface area contributed by atoms with Gasteiger partial charge in [0.15, 0.2) is 10.8 Å². The number of alkyl halides is 3. The Labute approximate surface area is 192 Å². The minimum absolute atomic E-state index is 0.239. The van der Waals surface area contributed by atoms with Crippen molar-refractivity contribution < 1.29 is 22.8 Å². The van der Waals surface area contributed by atoms with E-state index in [2.05, 4.69) is 24.1 Å². The van der Waals surface area contributed by atoms with Crippen LogP contribution < -0.4 is 15.8 Å². The smallest absolute Gasteiger partial charge is 0.344 e. The van der Waals surface area contributed by atoms with Crippen molar-refractivity contribution in [2.45, 2.75) is 19.6 Å². The van der Waals surface area contributed by atoms with E-state index in [0.29, 0.717) is 31.3 Å². The highest BCUT2D eigenvalue weighted by atomic mass is 32.1. The normalized spacial score (nSPS) is 14.5. The molecule has 0 spiro atoms. The number of thiazole rings is 1. The molecule has 1 saturated heterocycles. The van der Waals surface area contributed by atoms with Crippen molar-refractivity contribution in [1.82, 2.24) is 28.4 Å². The Kier molecular flexibility index (Phi) is 6.20. The maximum Gasteiger partial charge on any atom is 0.435 e. The van der Waals surface area contributed by atoms with Gasteiger partial charge in [0.1, 0.15) is 12.4 Å². The minimum atomic E-state index is -4.56. The number of nitrogens with one attached hydrogen (secondary N) is 2. The van der Waals surface area contributed by atoms with Gasteiger partial charge < -0.3 is 15.1 Å². The van der Waals surface area contributed by atoms with Gasteiger partial charge in [-0.15, -0.1) is 11.3 Å². The Bertz CT molecular complexity index is 1220. The predicted molar refractivity (Wildman–Crippen MR) is 114 cm³/mol. The van der Waals surface area contributed by atoms with Crippen LogP contribution in [0.2, 0.25) is 0 Å². The highest BCUT2D eigenvalue weighted by Crippen LogP contribution is 2.28. The summed E-state index contributed by atoms with van der Waals surface area (Å²) in [4.78, 5) is 44.0. The average molecular weight is 503 g/mol. The summed E-state index contributed by atoms with van der Waals surface area (Å²) >= 11 is 2.07. The van der Waals surface area contributed by atoms with E-state index in [9.17, 15) is 27.6 Å². The van der Waals surface area contributed by atoms with Crippen LogP contribution in [0.5, 0.6) is 0 Å². The Morgan fingerprint density at radius 3 is 2.58 bits per heavy atom. The number of H-pyrrole nitrogens is 1. The van der Waals surface area contributed by atoms with Gasteiger partial charge in [0.25, 0.3) is 11.5 Å². The average Bonchev–Trinajstić information content (AvgIpc) is 3.48. The molecular weight excluding hydrogens is 485 g/mol. The Morgan fingerprint density at radius 1 is 1.24 bits per heavy atom. The van der Waals surface area contributed by atoms with Gasteiger partial charge in [0.2, 0.25) is 11.6 Å². The third-order valence-electron chi connectivity index (χ3n) is 4.90. The van der Waals surface area contributed by atoms with Crippen molar-refractivity contribution in [2.24, 2.45) is 0 Å². The molecule has 1 aliphatic rings. The first kappa shape index (κ1) is 22.9. The summed E-state index contributed by atoms with van der Waals surface area (Å²) in [6.45, 7) is 2.85. The highest BCUT2D eigenvalue weighted by molar-refractivity contribution is 7.14. The molecule has 1 fully saturated rings. The highest BCUT2D eigenvalue weighted by Gasteiger charge is 2.35. The quantitative estimate of drug-likeness (QED) is 0.540. The van der Waals surface area contributed by atoms with Gasteiger partial charge in [0.05, 0.1) is 0 Å². The number of aromatic amines is 1. The molecule has 16 heteroatoms. The van der Waals surface area contributed by atoms with E-state index in [-0.39, 0.29) is 29.7 Å². The predicted octanol–water partition coefficient (Wildman–Crippen LogP) is 1.41. The molecule has 0 aromatic carbocycles. The van der Waals surface area contributed by atoms with E-state index in [1.165, 1.54) is 18.3 Å². The lowest BCUT2D eigenvalue weighted by Gasteiger charge is -2.34. The van der Waals surface area contributed by atoms with Crippen LogP contribution in [-0.2, 0) is 17.5 Å². The van der Waals surface area contributed by atoms with Crippen LogP contribution in [0.15, 0.2) is 16.2 Å². The molecule has 3 aromatic heterocycles. The molecule has 1 aliphatic heterocycles. The summed E-state index contributed by atoms with van der Waals surface area (Å²) < 4.78 is 45.5. The van der Waals surface area contributed by atoms with Crippen LogP contribution in [0.1, 0.15) is 21.9 Å². The van der Waals surface area contributed by atoms with Crippen LogP contribution in [0.4, 0.5) is 24.1 Å². The SMILES string of the molecule is Cc1cc(C(F)(F)F)nn1CC(=O)N1CCN(c2nc(NC(=O)c3ns[nH]c3=O)cs2)CC1. The van der Waals surface area contributed by atoms with Crippen LogP contribution in [0.3, 0.4) is 0 Å². The molecule has 0 atom stereocenters. The molecular formula is C17H17F3N8O3S2. The summed E-state index contributed by atoms with van der Waals surface area (Å²) in [6.07, 6.45) is -4.56. The third kappa shape index (κ3) is 5.05. The zero-order valence-corrected chi connectivity index (χ0v) is 18.7. The number of carbonyl (C=O) groups is 2. The maximum absolute atomic E-state index is 12.8. The van der Waals surface area contributed by atoms with Gasteiger partial charge in [-0.25, -0.2) is 4.98 Å². The largest absolute Gasteiger partial charge is 0.435 e. The molecule has 0 unspecified atom stereocenters. The maximum atomic E-state index is 12.8. The minimum Gasteiger partial charge on any atom is -0.344 e. The lowest BCUT2D eigenvalue weighted by molar-refractivity contribution is -0.142. The molecule has 0 bridgehead atoms.